The van der Waals surface area contributed by atoms with Crippen LogP contribution in [0, 0.1) is 5.41 Å². The summed E-state index contributed by atoms with van der Waals surface area (Å²) in [5.41, 5.74) is 1.88. The Morgan fingerprint density at radius 2 is 1.29 bits per heavy atom. The minimum absolute atomic E-state index is 0.202. The van der Waals surface area contributed by atoms with Crippen molar-refractivity contribution in [2.45, 2.75) is 40.0 Å². The average Bonchev–Trinajstić information content (AvgIpc) is 2.03. The van der Waals surface area contributed by atoms with E-state index in [9.17, 15) is 0 Å². The monoisotopic (exact) mass is 254 g/mol. The molecule has 14 heavy (non-hydrogen) atoms. The van der Waals surface area contributed by atoms with Crippen molar-refractivity contribution < 1.29 is 0 Å². The maximum atomic E-state index is 3.46. The average molecular weight is 255 g/mol. The van der Waals surface area contributed by atoms with E-state index in [0.29, 0.717) is 0 Å². The van der Waals surface area contributed by atoms with E-state index >= 15 is 0 Å². The first-order chi connectivity index (χ1) is 6.25. The maximum absolute atomic E-state index is 3.46. The Kier molecular flexibility index (Phi) is 3.10. The number of rotatable bonds is 1. The third-order valence-electron chi connectivity index (χ3n) is 3.44. The molecule has 0 N–H and O–H groups in total. The van der Waals surface area contributed by atoms with E-state index in [0.717, 1.165) is 4.47 Å². The van der Waals surface area contributed by atoms with Gasteiger partial charge in [0.1, 0.15) is 0 Å². The van der Waals surface area contributed by atoms with Crippen LogP contribution < -0.4 is 0 Å². The standard InChI is InChI=1S/C13H19Br/c1-12(2,3)13(4,5)10-6-8-11(14)9-7-10/h6-9H,1-5H3. The van der Waals surface area contributed by atoms with E-state index in [-0.39, 0.29) is 10.8 Å². The molecule has 1 rings (SSSR count). The Morgan fingerprint density at radius 3 is 1.64 bits per heavy atom. The van der Waals surface area contributed by atoms with Gasteiger partial charge in [-0.3, -0.25) is 0 Å². The van der Waals surface area contributed by atoms with Gasteiger partial charge in [0.2, 0.25) is 0 Å². The molecule has 0 saturated carbocycles. The molecule has 0 aliphatic rings. The molecule has 78 valence electrons. The highest BCUT2D eigenvalue weighted by molar-refractivity contribution is 9.10. The normalized spacial score (nSPS) is 13.0. The fraction of sp³-hybridized carbons (Fsp3) is 0.538. The Balaban J connectivity index is 3.10. The third-order valence-corrected chi connectivity index (χ3v) is 3.97. The van der Waals surface area contributed by atoms with Crippen LogP contribution in [-0.4, -0.2) is 0 Å². The van der Waals surface area contributed by atoms with Crippen molar-refractivity contribution in [2.75, 3.05) is 0 Å². The van der Waals surface area contributed by atoms with Gasteiger partial charge in [0, 0.05) is 4.47 Å². The molecule has 0 saturated heterocycles. The molecular formula is C13H19Br. The molecule has 0 amide bonds. The van der Waals surface area contributed by atoms with Crippen LogP contribution in [0.1, 0.15) is 40.2 Å². The van der Waals surface area contributed by atoms with Crippen molar-refractivity contribution in [3.63, 3.8) is 0 Å². The predicted octanol–water partition coefficient (Wildman–Crippen LogP) is 4.77. The van der Waals surface area contributed by atoms with Gasteiger partial charge in [0.15, 0.2) is 0 Å². The zero-order valence-electron chi connectivity index (χ0n) is 9.69. The highest BCUT2D eigenvalue weighted by Gasteiger charge is 2.33. The minimum Gasteiger partial charge on any atom is -0.0593 e. The summed E-state index contributed by atoms with van der Waals surface area (Å²) in [7, 11) is 0. The van der Waals surface area contributed by atoms with E-state index in [1.54, 1.807) is 0 Å². The van der Waals surface area contributed by atoms with Crippen molar-refractivity contribution in [1.29, 1.82) is 0 Å². The van der Waals surface area contributed by atoms with Crippen LogP contribution in [0.3, 0.4) is 0 Å². The van der Waals surface area contributed by atoms with Crippen molar-refractivity contribution in [3.8, 4) is 0 Å². The van der Waals surface area contributed by atoms with Crippen molar-refractivity contribution in [1.82, 2.24) is 0 Å². The molecule has 0 unspecified atom stereocenters. The number of halogens is 1. The Morgan fingerprint density at radius 1 is 0.857 bits per heavy atom. The fourth-order valence-corrected chi connectivity index (χ4v) is 1.56. The maximum Gasteiger partial charge on any atom is 0.0175 e. The summed E-state index contributed by atoms with van der Waals surface area (Å²) >= 11 is 3.46. The van der Waals surface area contributed by atoms with Crippen molar-refractivity contribution in [2.24, 2.45) is 5.41 Å². The SMILES string of the molecule is CC(C)(C)C(C)(C)c1ccc(Br)cc1. The van der Waals surface area contributed by atoms with Crippen LogP contribution in [-0.2, 0) is 5.41 Å². The first-order valence-electron chi connectivity index (χ1n) is 5.01. The second kappa shape index (κ2) is 3.69. The smallest absolute Gasteiger partial charge is 0.0175 e. The lowest BCUT2D eigenvalue weighted by Gasteiger charge is -2.39. The quantitative estimate of drug-likeness (QED) is 0.677. The van der Waals surface area contributed by atoms with Gasteiger partial charge in [-0.1, -0.05) is 62.7 Å². The van der Waals surface area contributed by atoms with Crippen LogP contribution >= 0.6 is 15.9 Å². The van der Waals surface area contributed by atoms with Crippen molar-refractivity contribution in [3.05, 3.63) is 34.3 Å². The van der Waals surface area contributed by atoms with Crippen LogP contribution in [0.15, 0.2) is 28.7 Å². The van der Waals surface area contributed by atoms with Crippen LogP contribution in [0.25, 0.3) is 0 Å². The van der Waals surface area contributed by atoms with E-state index in [1.165, 1.54) is 5.56 Å². The molecule has 1 aromatic rings. The molecule has 0 nitrogen and oxygen atoms in total. The molecule has 1 aromatic carbocycles. The lowest BCUT2D eigenvalue weighted by atomic mass is 9.65. The van der Waals surface area contributed by atoms with Gasteiger partial charge in [-0.25, -0.2) is 0 Å². The van der Waals surface area contributed by atoms with Crippen LogP contribution in [0.4, 0.5) is 0 Å². The molecule has 0 radical (unpaired) electrons. The summed E-state index contributed by atoms with van der Waals surface area (Å²) in [5, 5.41) is 0. The zero-order valence-corrected chi connectivity index (χ0v) is 11.3. The van der Waals surface area contributed by atoms with E-state index in [2.05, 4.69) is 74.8 Å². The summed E-state index contributed by atoms with van der Waals surface area (Å²) < 4.78 is 1.14. The Hall–Kier alpha value is -0.300. The molecule has 0 heterocycles. The summed E-state index contributed by atoms with van der Waals surface area (Å²) in [6.45, 7) is 11.5. The summed E-state index contributed by atoms with van der Waals surface area (Å²) in [6, 6.07) is 8.64. The van der Waals surface area contributed by atoms with Crippen LogP contribution in [0.5, 0.6) is 0 Å². The molecular weight excluding hydrogens is 236 g/mol. The van der Waals surface area contributed by atoms with Gasteiger partial charge in [0.25, 0.3) is 0 Å². The van der Waals surface area contributed by atoms with Gasteiger partial charge in [-0.15, -0.1) is 0 Å². The summed E-state index contributed by atoms with van der Waals surface area (Å²) in [5.74, 6) is 0. The predicted molar refractivity (Wildman–Crippen MR) is 66.6 cm³/mol. The van der Waals surface area contributed by atoms with Gasteiger partial charge < -0.3 is 0 Å². The molecule has 0 bridgehead atoms. The highest BCUT2D eigenvalue weighted by atomic mass is 79.9. The number of benzene rings is 1. The second-order valence-corrected chi connectivity index (χ2v) is 6.30. The van der Waals surface area contributed by atoms with Crippen LogP contribution in [0.2, 0.25) is 0 Å². The lowest BCUT2D eigenvalue weighted by Crippen LogP contribution is -2.33. The highest BCUT2D eigenvalue weighted by Crippen LogP contribution is 2.40. The van der Waals surface area contributed by atoms with Gasteiger partial charge >= 0.3 is 0 Å². The largest absolute Gasteiger partial charge is 0.0593 e. The number of hydrogen-bond donors (Lipinski definition) is 0. The van der Waals surface area contributed by atoms with Gasteiger partial charge in [-0.05, 0) is 28.5 Å². The van der Waals surface area contributed by atoms with Gasteiger partial charge in [-0.2, -0.15) is 0 Å². The van der Waals surface area contributed by atoms with Crippen molar-refractivity contribution >= 4 is 15.9 Å². The lowest BCUT2D eigenvalue weighted by molar-refractivity contribution is 0.225. The zero-order chi connectivity index (χ0) is 11.0. The molecule has 0 aliphatic heterocycles. The molecule has 0 spiro atoms. The fourth-order valence-electron chi connectivity index (χ4n) is 1.30. The van der Waals surface area contributed by atoms with E-state index < -0.39 is 0 Å². The molecule has 0 aromatic heterocycles. The summed E-state index contributed by atoms with van der Waals surface area (Å²) in [4.78, 5) is 0. The van der Waals surface area contributed by atoms with Gasteiger partial charge in [0.05, 0.1) is 0 Å². The third kappa shape index (κ3) is 2.20. The molecule has 1 heteroatoms. The first-order valence-corrected chi connectivity index (χ1v) is 5.80. The molecule has 0 atom stereocenters. The Bertz CT molecular complexity index is 301. The minimum atomic E-state index is 0.202. The first kappa shape index (κ1) is 11.8. The van der Waals surface area contributed by atoms with E-state index in [1.807, 2.05) is 0 Å². The number of hydrogen-bond acceptors (Lipinski definition) is 0. The summed E-state index contributed by atoms with van der Waals surface area (Å²) in [6.07, 6.45) is 0. The second-order valence-electron chi connectivity index (χ2n) is 5.38. The molecule has 0 aliphatic carbocycles. The topological polar surface area (TPSA) is 0 Å². The Labute approximate surface area is 95.9 Å². The molecule has 0 fully saturated rings. The van der Waals surface area contributed by atoms with E-state index in [4.69, 9.17) is 0 Å².